The van der Waals surface area contributed by atoms with Crippen molar-refractivity contribution in [2.75, 3.05) is 6.54 Å². The van der Waals surface area contributed by atoms with Crippen LogP contribution >= 0.6 is 0 Å². The highest BCUT2D eigenvalue weighted by molar-refractivity contribution is 5.29. The summed E-state index contributed by atoms with van der Waals surface area (Å²) in [6, 6.07) is 8.69. The molecule has 1 aromatic rings. The van der Waals surface area contributed by atoms with Crippen molar-refractivity contribution in [1.29, 1.82) is 0 Å². The fourth-order valence-electron chi connectivity index (χ4n) is 2.67. The molecular formula is C14H21NO. The minimum atomic E-state index is -0.120. The van der Waals surface area contributed by atoms with Gasteiger partial charge in [-0.1, -0.05) is 29.8 Å². The highest BCUT2D eigenvalue weighted by Gasteiger charge is 2.34. The van der Waals surface area contributed by atoms with E-state index in [0.717, 1.165) is 25.7 Å². The smallest absolute Gasteiger partial charge is 0.0541 e. The highest BCUT2D eigenvalue weighted by atomic mass is 16.3. The van der Waals surface area contributed by atoms with Gasteiger partial charge in [-0.2, -0.15) is 0 Å². The largest absolute Gasteiger partial charge is 0.393 e. The molecule has 0 bridgehead atoms. The third-order valence-corrected chi connectivity index (χ3v) is 3.97. The molecule has 16 heavy (non-hydrogen) atoms. The summed E-state index contributed by atoms with van der Waals surface area (Å²) in [4.78, 5) is 0. The number of hydrogen-bond acceptors (Lipinski definition) is 2. The summed E-state index contributed by atoms with van der Waals surface area (Å²) in [7, 11) is 0. The molecule has 1 aliphatic carbocycles. The molecule has 0 aliphatic heterocycles. The molecule has 0 saturated heterocycles. The maximum atomic E-state index is 9.59. The van der Waals surface area contributed by atoms with Gasteiger partial charge in [0, 0.05) is 12.0 Å². The van der Waals surface area contributed by atoms with E-state index in [1.807, 2.05) is 0 Å². The summed E-state index contributed by atoms with van der Waals surface area (Å²) in [5, 5.41) is 9.59. The number of hydrogen-bond donors (Lipinski definition) is 2. The molecule has 0 aromatic heterocycles. The Kier molecular flexibility index (Phi) is 3.31. The molecule has 1 aliphatic rings. The van der Waals surface area contributed by atoms with Crippen molar-refractivity contribution in [2.24, 2.45) is 5.73 Å². The SMILES string of the molecule is Cc1ccc(C2(CN)CCC(O)CC2)cc1. The lowest BCUT2D eigenvalue weighted by Gasteiger charge is -2.38. The topological polar surface area (TPSA) is 46.2 Å². The molecule has 0 radical (unpaired) electrons. The molecule has 88 valence electrons. The Hall–Kier alpha value is -0.860. The number of rotatable bonds is 2. The van der Waals surface area contributed by atoms with E-state index in [-0.39, 0.29) is 11.5 Å². The highest BCUT2D eigenvalue weighted by Crippen LogP contribution is 2.38. The maximum Gasteiger partial charge on any atom is 0.0541 e. The fraction of sp³-hybridized carbons (Fsp3) is 0.571. The van der Waals surface area contributed by atoms with Gasteiger partial charge < -0.3 is 10.8 Å². The second-order valence-corrected chi connectivity index (χ2v) is 5.08. The van der Waals surface area contributed by atoms with Crippen LogP contribution in [0.4, 0.5) is 0 Å². The zero-order chi connectivity index (χ0) is 11.6. The summed E-state index contributed by atoms with van der Waals surface area (Å²) in [5.74, 6) is 0. The summed E-state index contributed by atoms with van der Waals surface area (Å²) >= 11 is 0. The molecule has 2 nitrogen and oxygen atoms in total. The van der Waals surface area contributed by atoms with E-state index in [9.17, 15) is 5.11 Å². The fourth-order valence-corrected chi connectivity index (χ4v) is 2.67. The van der Waals surface area contributed by atoms with Crippen molar-refractivity contribution in [3.8, 4) is 0 Å². The number of benzene rings is 1. The molecule has 1 saturated carbocycles. The Morgan fingerprint density at radius 1 is 1.25 bits per heavy atom. The van der Waals surface area contributed by atoms with Crippen LogP contribution in [0.3, 0.4) is 0 Å². The molecule has 0 spiro atoms. The van der Waals surface area contributed by atoms with E-state index in [4.69, 9.17) is 5.73 Å². The summed E-state index contributed by atoms with van der Waals surface area (Å²) in [6.07, 6.45) is 3.66. The van der Waals surface area contributed by atoms with Crippen LogP contribution in [0, 0.1) is 6.92 Å². The average Bonchev–Trinajstić information content (AvgIpc) is 2.32. The Balaban J connectivity index is 2.24. The van der Waals surface area contributed by atoms with Gasteiger partial charge >= 0.3 is 0 Å². The molecule has 0 unspecified atom stereocenters. The number of nitrogens with two attached hydrogens (primary N) is 1. The van der Waals surface area contributed by atoms with Crippen LogP contribution in [-0.4, -0.2) is 17.8 Å². The molecule has 1 aromatic carbocycles. The van der Waals surface area contributed by atoms with Gasteiger partial charge in [-0.05, 0) is 38.2 Å². The van der Waals surface area contributed by atoms with Gasteiger partial charge in [0.15, 0.2) is 0 Å². The maximum absolute atomic E-state index is 9.59. The first-order chi connectivity index (χ1) is 7.66. The van der Waals surface area contributed by atoms with Crippen molar-refractivity contribution in [3.05, 3.63) is 35.4 Å². The van der Waals surface area contributed by atoms with E-state index in [1.54, 1.807) is 0 Å². The van der Waals surface area contributed by atoms with Crippen LogP contribution in [0.1, 0.15) is 36.8 Å². The van der Waals surface area contributed by atoms with Crippen molar-refractivity contribution >= 4 is 0 Å². The molecule has 0 heterocycles. The van der Waals surface area contributed by atoms with Crippen LogP contribution in [-0.2, 0) is 5.41 Å². The first kappa shape index (κ1) is 11.6. The van der Waals surface area contributed by atoms with Gasteiger partial charge in [-0.15, -0.1) is 0 Å². The van der Waals surface area contributed by atoms with E-state index < -0.39 is 0 Å². The first-order valence-electron chi connectivity index (χ1n) is 6.11. The quantitative estimate of drug-likeness (QED) is 0.800. The van der Waals surface area contributed by atoms with Crippen LogP contribution in [0.25, 0.3) is 0 Å². The summed E-state index contributed by atoms with van der Waals surface area (Å²) < 4.78 is 0. The predicted octanol–water partition coefficient (Wildman–Crippen LogP) is 2.13. The van der Waals surface area contributed by atoms with Crippen molar-refractivity contribution in [1.82, 2.24) is 0 Å². The molecule has 0 atom stereocenters. The van der Waals surface area contributed by atoms with Gasteiger partial charge in [0.2, 0.25) is 0 Å². The molecule has 2 heteroatoms. The van der Waals surface area contributed by atoms with Crippen LogP contribution < -0.4 is 5.73 Å². The monoisotopic (exact) mass is 219 g/mol. The average molecular weight is 219 g/mol. The second kappa shape index (κ2) is 4.56. The standard InChI is InChI=1S/C14H21NO/c1-11-2-4-12(5-3-11)14(10-15)8-6-13(16)7-9-14/h2-5,13,16H,6-10,15H2,1H3. The van der Waals surface area contributed by atoms with Crippen LogP contribution in [0.15, 0.2) is 24.3 Å². The first-order valence-corrected chi connectivity index (χ1v) is 6.11. The van der Waals surface area contributed by atoms with E-state index in [0.29, 0.717) is 6.54 Å². The number of aryl methyl sites for hydroxylation is 1. The van der Waals surface area contributed by atoms with E-state index in [1.165, 1.54) is 11.1 Å². The lowest BCUT2D eigenvalue weighted by Crippen LogP contribution is -2.40. The number of aliphatic hydroxyl groups excluding tert-OH is 1. The normalized spacial score (nSPS) is 30.3. The zero-order valence-electron chi connectivity index (χ0n) is 9.95. The van der Waals surface area contributed by atoms with Gasteiger partial charge in [-0.3, -0.25) is 0 Å². The molecular weight excluding hydrogens is 198 g/mol. The minimum absolute atomic E-state index is 0.104. The molecule has 1 fully saturated rings. The van der Waals surface area contributed by atoms with Crippen LogP contribution in [0.2, 0.25) is 0 Å². The van der Waals surface area contributed by atoms with Crippen LogP contribution in [0.5, 0.6) is 0 Å². The third kappa shape index (κ3) is 2.13. The predicted molar refractivity (Wildman–Crippen MR) is 66.4 cm³/mol. The minimum Gasteiger partial charge on any atom is -0.393 e. The van der Waals surface area contributed by atoms with Gasteiger partial charge in [0.25, 0.3) is 0 Å². The van der Waals surface area contributed by atoms with Gasteiger partial charge in [0.1, 0.15) is 0 Å². The Morgan fingerprint density at radius 3 is 2.31 bits per heavy atom. The number of aliphatic hydroxyl groups is 1. The molecule has 3 N–H and O–H groups in total. The van der Waals surface area contributed by atoms with Crippen molar-refractivity contribution in [2.45, 2.75) is 44.1 Å². The third-order valence-electron chi connectivity index (χ3n) is 3.97. The Morgan fingerprint density at radius 2 is 1.81 bits per heavy atom. The molecule has 2 rings (SSSR count). The Labute approximate surface area is 97.5 Å². The van der Waals surface area contributed by atoms with Gasteiger partial charge in [0.05, 0.1) is 6.10 Å². The zero-order valence-corrected chi connectivity index (χ0v) is 9.95. The molecule has 0 amide bonds. The lowest BCUT2D eigenvalue weighted by atomic mass is 9.68. The Bertz CT molecular complexity index is 336. The van der Waals surface area contributed by atoms with Crippen molar-refractivity contribution in [3.63, 3.8) is 0 Å². The van der Waals surface area contributed by atoms with Crippen molar-refractivity contribution < 1.29 is 5.11 Å². The van der Waals surface area contributed by atoms with E-state index in [2.05, 4.69) is 31.2 Å². The van der Waals surface area contributed by atoms with E-state index >= 15 is 0 Å². The summed E-state index contributed by atoms with van der Waals surface area (Å²) in [6.45, 7) is 2.78. The van der Waals surface area contributed by atoms with Gasteiger partial charge in [-0.25, -0.2) is 0 Å². The second-order valence-electron chi connectivity index (χ2n) is 5.08. The summed E-state index contributed by atoms with van der Waals surface area (Å²) in [5.41, 5.74) is 8.70. The lowest BCUT2D eigenvalue weighted by molar-refractivity contribution is 0.0974.